The molecule has 0 aromatic heterocycles. The standard InChI is InChI=1S/C19H27N3O2/c1-14(23)21(2)17-9-11-22(12-10-17)19(24)20-13-16-8-7-15-5-3-4-6-18(15)16/h3-6,16-17H,7-13H2,1-2H3,(H,20,24). The summed E-state index contributed by atoms with van der Waals surface area (Å²) >= 11 is 0. The molecule has 5 heteroatoms. The number of nitrogens with zero attached hydrogens (tertiary/aromatic N) is 2. The topological polar surface area (TPSA) is 52.7 Å². The molecule has 1 fully saturated rings. The molecule has 2 aliphatic rings. The van der Waals surface area contributed by atoms with Crippen molar-refractivity contribution in [3.8, 4) is 0 Å². The van der Waals surface area contributed by atoms with Crippen LogP contribution in [0.1, 0.15) is 43.2 Å². The third-order valence-corrected chi connectivity index (χ3v) is 5.55. The van der Waals surface area contributed by atoms with Crippen LogP contribution in [0.4, 0.5) is 4.79 Å². The third kappa shape index (κ3) is 3.55. The molecule has 1 N–H and O–H groups in total. The number of hydrogen-bond acceptors (Lipinski definition) is 2. The molecule has 1 heterocycles. The van der Waals surface area contributed by atoms with Crippen LogP contribution in [-0.4, -0.2) is 54.5 Å². The molecule has 1 aromatic rings. The SMILES string of the molecule is CC(=O)N(C)C1CCN(C(=O)NCC2CCc3ccccc32)CC1. The molecule has 24 heavy (non-hydrogen) atoms. The van der Waals surface area contributed by atoms with Gasteiger partial charge >= 0.3 is 6.03 Å². The lowest BCUT2D eigenvalue weighted by Gasteiger charge is -2.36. The Kier molecular flexibility index (Phi) is 5.07. The molecule has 3 rings (SSSR count). The number of urea groups is 1. The van der Waals surface area contributed by atoms with Crippen molar-refractivity contribution in [1.29, 1.82) is 0 Å². The molecular weight excluding hydrogens is 302 g/mol. The summed E-state index contributed by atoms with van der Waals surface area (Å²) in [6.45, 7) is 3.74. The summed E-state index contributed by atoms with van der Waals surface area (Å²) in [6, 6.07) is 8.82. The summed E-state index contributed by atoms with van der Waals surface area (Å²) in [6.07, 6.45) is 3.94. The largest absolute Gasteiger partial charge is 0.343 e. The Morgan fingerprint density at radius 1 is 1.21 bits per heavy atom. The van der Waals surface area contributed by atoms with Gasteiger partial charge in [0.05, 0.1) is 0 Å². The van der Waals surface area contributed by atoms with E-state index in [9.17, 15) is 9.59 Å². The van der Waals surface area contributed by atoms with Gasteiger partial charge in [0.25, 0.3) is 0 Å². The first-order valence-corrected chi connectivity index (χ1v) is 8.90. The van der Waals surface area contributed by atoms with Gasteiger partial charge in [0.2, 0.25) is 5.91 Å². The average molecular weight is 329 g/mol. The van der Waals surface area contributed by atoms with E-state index in [1.807, 2.05) is 11.9 Å². The number of likely N-dealkylation sites (tertiary alicyclic amines) is 1. The van der Waals surface area contributed by atoms with Gasteiger partial charge in [-0.3, -0.25) is 4.79 Å². The molecule has 5 nitrogen and oxygen atoms in total. The highest BCUT2D eigenvalue weighted by molar-refractivity contribution is 5.75. The van der Waals surface area contributed by atoms with Gasteiger partial charge in [-0.25, -0.2) is 4.79 Å². The minimum Gasteiger partial charge on any atom is -0.343 e. The van der Waals surface area contributed by atoms with Crippen molar-refractivity contribution < 1.29 is 9.59 Å². The Hall–Kier alpha value is -2.04. The van der Waals surface area contributed by atoms with E-state index in [0.29, 0.717) is 12.5 Å². The maximum Gasteiger partial charge on any atom is 0.317 e. The quantitative estimate of drug-likeness (QED) is 0.925. The van der Waals surface area contributed by atoms with Crippen molar-refractivity contribution in [3.05, 3.63) is 35.4 Å². The fraction of sp³-hybridized carbons (Fsp3) is 0.579. The molecular formula is C19H27N3O2. The fourth-order valence-electron chi connectivity index (χ4n) is 3.89. The van der Waals surface area contributed by atoms with E-state index in [1.54, 1.807) is 11.8 Å². The lowest BCUT2D eigenvalue weighted by molar-refractivity contribution is -0.130. The Morgan fingerprint density at radius 2 is 1.92 bits per heavy atom. The maximum absolute atomic E-state index is 12.4. The number of hydrogen-bond donors (Lipinski definition) is 1. The van der Waals surface area contributed by atoms with E-state index in [1.165, 1.54) is 11.1 Å². The Morgan fingerprint density at radius 3 is 2.62 bits per heavy atom. The normalized spacial score (nSPS) is 20.6. The minimum absolute atomic E-state index is 0.0308. The lowest BCUT2D eigenvalue weighted by atomic mass is 10.0. The highest BCUT2D eigenvalue weighted by Crippen LogP contribution is 2.32. The van der Waals surface area contributed by atoms with Crippen LogP contribution < -0.4 is 5.32 Å². The number of benzene rings is 1. The van der Waals surface area contributed by atoms with Crippen LogP contribution in [0.25, 0.3) is 0 Å². The summed E-state index contributed by atoms with van der Waals surface area (Å²) in [4.78, 5) is 27.5. The van der Waals surface area contributed by atoms with Crippen molar-refractivity contribution in [3.63, 3.8) is 0 Å². The van der Waals surface area contributed by atoms with Crippen molar-refractivity contribution >= 4 is 11.9 Å². The van der Waals surface area contributed by atoms with Crippen LogP contribution in [0.2, 0.25) is 0 Å². The van der Waals surface area contributed by atoms with Crippen LogP contribution in [-0.2, 0) is 11.2 Å². The van der Waals surface area contributed by atoms with Crippen LogP contribution in [0.15, 0.2) is 24.3 Å². The van der Waals surface area contributed by atoms with Crippen LogP contribution in [0, 0.1) is 0 Å². The number of carbonyl (C=O) groups excluding carboxylic acids is 2. The first-order valence-electron chi connectivity index (χ1n) is 8.90. The second-order valence-corrected chi connectivity index (χ2v) is 6.97. The van der Waals surface area contributed by atoms with Gasteiger partial charge < -0.3 is 15.1 Å². The predicted octanol–water partition coefficient (Wildman–Crippen LogP) is 2.37. The maximum atomic E-state index is 12.4. The molecule has 3 amide bonds. The van der Waals surface area contributed by atoms with E-state index in [0.717, 1.165) is 38.8 Å². The van der Waals surface area contributed by atoms with E-state index in [4.69, 9.17) is 0 Å². The summed E-state index contributed by atoms with van der Waals surface area (Å²) in [5.74, 6) is 0.532. The van der Waals surface area contributed by atoms with E-state index < -0.39 is 0 Å². The first-order chi connectivity index (χ1) is 11.6. The molecule has 0 bridgehead atoms. The molecule has 1 saturated heterocycles. The lowest BCUT2D eigenvalue weighted by Crippen LogP contribution is -2.50. The van der Waals surface area contributed by atoms with Crippen molar-refractivity contribution in [2.45, 2.75) is 44.6 Å². The second kappa shape index (κ2) is 7.24. The molecule has 1 atom stereocenters. The van der Waals surface area contributed by atoms with Crippen molar-refractivity contribution in [2.75, 3.05) is 26.7 Å². The van der Waals surface area contributed by atoms with E-state index in [2.05, 4.69) is 29.6 Å². The summed E-state index contributed by atoms with van der Waals surface area (Å²) in [5, 5.41) is 3.11. The second-order valence-electron chi connectivity index (χ2n) is 6.97. The summed E-state index contributed by atoms with van der Waals surface area (Å²) in [5.41, 5.74) is 2.81. The van der Waals surface area contributed by atoms with Crippen LogP contribution >= 0.6 is 0 Å². The number of carbonyl (C=O) groups is 2. The van der Waals surface area contributed by atoms with Crippen LogP contribution in [0.3, 0.4) is 0 Å². The number of piperidine rings is 1. The third-order valence-electron chi connectivity index (χ3n) is 5.55. The highest BCUT2D eigenvalue weighted by atomic mass is 16.2. The Balaban J connectivity index is 1.46. The summed E-state index contributed by atoms with van der Waals surface area (Å²) < 4.78 is 0. The zero-order valence-corrected chi connectivity index (χ0v) is 14.6. The average Bonchev–Trinajstić information content (AvgIpc) is 3.02. The molecule has 1 aliphatic heterocycles. The van der Waals surface area contributed by atoms with Crippen molar-refractivity contribution in [2.24, 2.45) is 0 Å². The van der Waals surface area contributed by atoms with Crippen LogP contribution in [0.5, 0.6) is 0 Å². The number of amides is 3. The molecule has 0 radical (unpaired) electrons. The molecule has 0 saturated carbocycles. The number of aryl methyl sites for hydroxylation is 1. The van der Waals surface area contributed by atoms with Gasteiger partial charge in [0.15, 0.2) is 0 Å². The van der Waals surface area contributed by atoms with Gasteiger partial charge in [-0.1, -0.05) is 24.3 Å². The molecule has 0 spiro atoms. The van der Waals surface area contributed by atoms with Gasteiger partial charge in [0, 0.05) is 45.6 Å². The monoisotopic (exact) mass is 329 g/mol. The zero-order valence-electron chi connectivity index (χ0n) is 14.6. The molecule has 1 aromatic carbocycles. The van der Waals surface area contributed by atoms with Crippen molar-refractivity contribution in [1.82, 2.24) is 15.1 Å². The first kappa shape index (κ1) is 16.8. The zero-order chi connectivity index (χ0) is 17.1. The fourth-order valence-corrected chi connectivity index (χ4v) is 3.89. The summed E-state index contributed by atoms with van der Waals surface area (Å²) in [7, 11) is 1.85. The highest BCUT2D eigenvalue weighted by Gasteiger charge is 2.27. The van der Waals surface area contributed by atoms with E-state index in [-0.39, 0.29) is 18.0 Å². The Labute approximate surface area is 144 Å². The minimum atomic E-state index is 0.0308. The van der Waals surface area contributed by atoms with E-state index >= 15 is 0 Å². The number of nitrogens with one attached hydrogen (secondary N) is 1. The van der Waals surface area contributed by atoms with Gasteiger partial charge in [-0.15, -0.1) is 0 Å². The molecule has 130 valence electrons. The number of fused-ring (bicyclic) bond motifs is 1. The van der Waals surface area contributed by atoms with Gasteiger partial charge in [-0.05, 0) is 36.8 Å². The smallest absolute Gasteiger partial charge is 0.317 e. The number of rotatable bonds is 3. The van der Waals surface area contributed by atoms with Gasteiger partial charge in [0.1, 0.15) is 0 Å². The predicted molar refractivity (Wildman–Crippen MR) is 93.9 cm³/mol. The molecule has 1 unspecified atom stereocenters. The Bertz CT molecular complexity index is 608. The molecule has 1 aliphatic carbocycles. The van der Waals surface area contributed by atoms with Gasteiger partial charge in [-0.2, -0.15) is 0 Å².